The van der Waals surface area contributed by atoms with Gasteiger partial charge in [0.25, 0.3) is 5.95 Å². The smallest absolute Gasteiger partial charge is 0.287 e. The Bertz CT molecular complexity index is 177. The Kier molecular flexibility index (Phi) is 2.10. The zero-order valence-electron chi connectivity index (χ0n) is 7.34. The van der Waals surface area contributed by atoms with Crippen molar-refractivity contribution in [2.75, 3.05) is 0 Å². The van der Waals surface area contributed by atoms with Crippen molar-refractivity contribution >= 4 is 11.8 Å². The Morgan fingerprint density at radius 3 is 2.18 bits per heavy atom. The predicted octanol–water partition coefficient (Wildman–Crippen LogP) is 2.87. The van der Waals surface area contributed by atoms with Crippen LogP contribution in [0.5, 0.6) is 0 Å². The fourth-order valence-electron chi connectivity index (χ4n) is 0.773. The van der Waals surface area contributed by atoms with Gasteiger partial charge in [0, 0.05) is 5.41 Å². The number of ether oxygens (including phenoxy) is 1. The number of hydrogen-bond acceptors (Lipinski definition) is 3. The standard InChI is InChI=1S/C8H14O2S/c1-5-6(9)10-7(11-5)8(2,3)4/h7,9H,1-4H3. The largest absolute Gasteiger partial charge is 0.480 e. The first kappa shape index (κ1) is 8.78. The van der Waals surface area contributed by atoms with Gasteiger partial charge in [-0.2, -0.15) is 0 Å². The van der Waals surface area contributed by atoms with Crippen molar-refractivity contribution in [3.63, 3.8) is 0 Å². The first-order chi connectivity index (χ1) is 4.91. The van der Waals surface area contributed by atoms with Crippen molar-refractivity contribution in [3.05, 3.63) is 10.9 Å². The molecule has 0 fully saturated rings. The number of allylic oxidation sites excluding steroid dienone is 1. The van der Waals surface area contributed by atoms with Crippen LogP contribution >= 0.6 is 11.8 Å². The van der Waals surface area contributed by atoms with Crippen LogP contribution in [0.15, 0.2) is 10.9 Å². The molecule has 1 aliphatic heterocycles. The number of thioether (sulfide) groups is 1. The Hall–Kier alpha value is -0.310. The van der Waals surface area contributed by atoms with Gasteiger partial charge in [0.15, 0.2) is 5.44 Å². The summed E-state index contributed by atoms with van der Waals surface area (Å²) in [6, 6.07) is 0. The van der Waals surface area contributed by atoms with Crippen LogP contribution in [0.3, 0.4) is 0 Å². The molecule has 1 heterocycles. The lowest BCUT2D eigenvalue weighted by molar-refractivity contribution is 0.0331. The second kappa shape index (κ2) is 2.63. The molecule has 1 atom stereocenters. The summed E-state index contributed by atoms with van der Waals surface area (Å²) in [4.78, 5) is 0.880. The Morgan fingerprint density at radius 1 is 1.45 bits per heavy atom. The average Bonchev–Trinajstić information content (AvgIpc) is 2.11. The highest BCUT2D eigenvalue weighted by Gasteiger charge is 2.33. The predicted molar refractivity (Wildman–Crippen MR) is 47.2 cm³/mol. The highest BCUT2D eigenvalue weighted by atomic mass is 32.2. The van der Waals surface area contributed by atoms with Gasteiger partial charge in [0.2, 0.25) is 0 Å². The van der Waals surface area contributed by atoms with E-state index in [4.69, 9.17) is 9.84 Å². The van der Waals surface area contributed by atoms with Crippen molar-refractivity contribution in [1.82, 2.24) is 0 Å². The molecule has 1 rings (SSSR count). The fourth-order valence-corrected chi connectivity index (χ4v) is 1.74. The van der Waals surface area contributed by atoms with Crippen molar-refractivity contribution in [1.29, 1.82) is 0 Å². The fraction of sp³-hybridized carbons (Fsp3) is 0.750. The molecule has 3 heteroatoms. The molecule has 0 amide bonds. The summed E-state index contributed by atoms with van der Waals surface area (Å²) in [5, 5.41) is 9.17. The SMILES string of the molecule is CC1=C(O)OC(C(C)(C)C)S1. The van der Waals surface area contributed by atoms with Crippen molar-refractivity contribution < 1.29 is 9.84 Å². The maximum atomic E-state index is 9.17. The summed E-state index contributed by atoms with van der Waals surface area (Å²) in [5.74, 6) is 0.0925. The minimum Gasteiger partial charge on any atom is -0.480 e. The van der Waals surface area contributed by atoms with Crippen molar-refractivity contribution in [3.8, 4) is 0 Å². The number of aliphatic hydroxyl groups excluding tert-OH is 1. The quantitative estimate of drug-likeness (QED) is 0.612. The molecule has 1 aliphatic rings. The maximum Gasteiger partial charge on any atom is 0.287 e. The second-order valence-corrected chi connectivity index (χ2v) is 5.07. The van der Waals surface area contributed by atoms with Crippen molar-refractivity contribution in [2.45, 2.75) is 33.1 Å². The first-order valence-electron chi connectivity index (χ1n) is 3.64. The number of hydrogen-bond donors (Lipinski definition) is 1. The molecule has 0 aromatic carbocycles. The average molecular weight is 174 g/mol. The van der Waals surface area contributed by atoms with Crippen LogP contribution in [0.1, 0.15) is 27.7 Å². The third kappa shape index (κ3) is 1.83. The third-order valence-corrected chi connectivity index (χ3v) is 3.06. The molecule has 0 aromatic heterocycles. The molecule has 64 valence electrons. The maximum absolute atomic E-state index is 9.17. The molecule has 0 radical (unpaired) electrons. The first-order valence-corrected chi connectivity index (χ1v) is 4.52. The normalized spacial score (nSPS) is 25.6. The molecule has 0 aromatic rings. The topological polar surface area (TPSA) is 29.5 Å². The molecule has 0 spiro atoms. The van der Waals surface area contributed by atoms with Crippen LogP contribution in [0.2, 0.25) is 0 Å². The summed E-state index contributed by atoms with van der Waals surface area (Å²) in [6.07, 6.45) is 0. The molecule has 11 heavy (non-hydrogen) atoms. The van der Waals surface area contributed by atoms with E-state index in [-0.39, 0.29) is 16.8 Å². The minimum absolute atomic E-state index is 0.0579. The van der Waals surface area contributed by atoms with Gasteiger partial charge in [-0.05, 0) is 6.92 Å². The molecule has 0 aliphatic carbocycles. The van der Waals surface area contributed by atoms with Gasteiger partial charge in [0.05, 0.1) is 4.91 Å². The highest BCUT2D eigenvalue weighted by molar-refractivity contribution is 8.03. The third-order valence-electron chi connectivity index (χ3n) is 1.51. The second-order valence-electron chi connectivity index (χ2n) is 3.79. The molecule has 0 bridgehead atoms. The van der Waals surface area contributed by atoms with E-state index in [9.17, 15) is 0 Å². The van der Waals surface area contributed by atoms with E-state index in [1.54, 1.807) is 11.8 Å². The van der Waals surface area contributed by atoms with E-state index in [1.165, 1.54) is 0 Å². The van der Waals surface area contributed by atoms with Gasteiger partial charge < -0.3 is 9.84 Å². The zero-order chi connectivity index (χ0) is 8.65. The summed E-state index contributed by atoms with van der Waals surface area (Å²) in [6.45, 7) is 8.15. The van der Waals surface area contributed by atoms with E-state index in [0.29, 0.717) is 0 Å². The molecule has 0 saturated carbocycles. The molecule has 2 nitrogen and oxygen atoms in total. The monoisotopic (exact) mass is 174 g/mol. The number of rotatable bonds is 0. The van der Waals surface area contributed by atoms with Gasteiger partial charge in [-0.25, -0.2) is 0 Å². The van der Waals surface area contributed by atoms with E-state index in [2.05, 4.69) is 20.8 Å². The summed E-state index contributed by atoms with van der Waals surface area (Å²) in [7, 11) is 0. The van der Waals surface area contributed by atoms with Crippen LogP contribution < -0.4 is 0 Å². The lowest BCUT2D eigenvalue weighted by Crippen LogP contribution is -2.22. The van der Waals surface area contributed by atoms with Gasteiger partial charge in [0.1, 0.15) is 0 Å². The molecular formula is C8H14O2S. The lowest BCUT2D eigenvalue weighted by atomic mass is 9.98. The van der Waals surface area contributed by atoms with Crippen molar-refractivity contribution in [2.24, 2.45) is 5.41 Å². The van der Waals surface area contributed by atoms with Gasteiger partial charge in [-0.1, -0.05) is 32.5 Å². The van der Waals surface area contributed by atoms with E-state index in [0.717, 1.165) is 4.91 Å². The van der Waals surface area contributed by atoms with Crippen LogP contribution in [-0.4, -0.2) is 10.5 Å². The molecular weight excluding hydrogens is 160 g/mol. The molecule has 0 saturated heterocycles. The van der Waals surface area contributed by atoms with Crippen LogP contribution in [0.25, 0.3) is 0 Å². The molecule has 1 N–H and O–H groups in total. The number of aliphatic hydroxyl groups is 1. The van der Waals surface area contributed by atoms with Gasteiger partial charge in [-0.15, -0.1) is 0 Å². The van der Waals surface area contributed by atoms with Crippen LogP contribution in [0.4, 0.5) is 0 Å². The summed E-state index contributed by atoms with van der Waals surface area (Å²) in [5.41, 5.74) is 0.138. The molecule has 1 unspecified atom stereocenters. The zero-order valence-corrected chi connectivity index (χ0v) is 8.16. The van der Waals surface area contributed by atoms with Gasteiger partial charge in [-0.3, -0.25) is 0 Å². The minimum atomic E-state index is 0.0579. The Balaban J connectivity index is 2.62. The van der Waals surface area contributed by atoms with E-state index < -0.39 is 0 Å². The summed E-state index contributed by atoms with van der Waals surface area (Å²) >= 11 is 1.59. The highest BCUT2D eigenvalue weighted by Crippen LogP contribution is 2.42. The van der Waals surface area contributed by atoms with Gasteiger partial charge >= 0.3 is 0 Å². The van der Waals surface area contributed by atoms with E-state index >= 15 is 0 Å². The Labute approximate surface area is 71.6 Å². The summed E-state index contributed by atoms with van der Waals surface area (Å²) < 4.78 is 5.24. The van der Waals surface area contributed by atoms with Crippen LogP contribution in [0, 0.1) is 5.41 Å². The van der Waals surface area contributed by atoms with E-state index in [1.807, 2.05) is 6.92 Å². The lowest BCUT2D eigenvalue weighted by Gasteiger charge is -2.24. The Morgan fingerprint density at radius 2 is 2.00 bits per heavy atom. The van der Waals surface area contributed by atoms with Crippen LogP contribution in [-0.2, 0) is 4.74 Å².